The summed E-state index contributed by atoms with van der Waals surface area (Å²) < 4.78 is 0.454. The number of rotatable bonds is 6. The van der Waals surface area contributed by atoms with E-state index < -0.39 is 16.4 Å². The van der Waals surface area contributed by atoms with Crippen LogP contribution in [0.15, 0.2) is 22.7 Å². The predicted molar refractivity (Wildman–Crippen MR) is 82.7 cm³/mol. The lowest BCUT2D eigenvalue weighted by molar-refractivity contribution is -0.385. The quantitative estimate of drug-likeness (QED) is 0.462. The van der Waals surface area contributed by atoms with Crippen molar-refractivity contribution in [3.8, 4) is 0 Å². The number of nitro benzene ring substituents is 1. The minimum absolute atomic E-state index is 0.162. The number of benzene rings is 1. The summed E-state index contributed by atoms with van der Waals surface area (Å²) in [5.74, 6) is -0.124. The van der Waals surface area contributed by atoms with E-state index in [0.29, 0.717) is 10.9 Å². The Hall–Kier alpha value is -0.850. The van der Waals surface area contributed by atoms with E-state index in [0.717, 1.165) is 0 Å². The van der Waals surface area contributed by atoms with Gasteiger partial charge in [-0.15, -0.1) is 23.2 Å². The third kappa shape index (κ3) is 4.07. The van der Waals surface area contributed by atoms with E-state index in [9.17, 15) is 14.9 Å². The van der Waals surface area contributed by atoms with Crippen LogP contribution in [-0.2, 0) is 0 Å². The zero-order valence-electron chi connectivity index (χ0n) is 10.7. The minimum atomic E-state index is -0.725. The van der Waals surface area contributed by atoms with Crippen molar-refractivity contribution in [2.24, 2.45) is 0 Å². The van der Waals surface area contributed by atoms with E-state index in [1.54, 1.807) is 0 Å². The third-order valence-corrected chi connectivity index (χ3v) is 4.40. The van der Waals surface area contributed by atoms with Gasteiger partial charge in [0, 0.05) is 33.9 Å². The molecule has 0 aliphatic carbocycles. The standard InChI is InChI=1S/C12H13BrCl2N2O3/c1-2-12(6-14,7-15)16-11(18)8-3-9(13)5-10(4-8)17(19)20/h3-5H,2,6-7H2,1H3,(H,16,18). The summed E-state index contributed by atoms with van der Waals surface area (Å²) in [6.45, 7) is 1.86. The lowest BCUT2D eigenvalue weighted by Crippen LogP contribution is -2.51. The number of alkyl halides is 2. The molecule has 5 nitrogen and oxygen atoms in total. The Labute approximate surface area is 134 Å². The number of hydrogen-bond donors (Lipinski definition) is 1. The fourth-order valence-corrected chi connectivity index (χ4v) is 2.78. The molecule has 1 rings (SSSR count). The second kappa shape index (κ2) is 7.24. The van der Waals surface area contributed by atoms with Gasteiger partial charge in [-0.25, -0.2) is 0 Å². The van der Waals surface area contributed by atoms with E-state index >= 15 is 0 Å². The maximum absolute atomic E-state index is 12.2. The van der Waals surface area contributed by atoms with Gasteiger partial charge in [-0.1, -0.05) is 22.9 Å². The second-order valence-electron chi connectivity index (χ2n) is 4.31. The predicted octanol–water partition coefficient (Wildman–Crippen LogP) is 3.71. The smallest absolute Gasteiger partial charge is 0.271 e. The van der Waals surface area contributed by atoms with Gasteiger partial charge in [0.05, 0.1) is 10.5 Å². The number of hydrogen-bond acceptors (Lipinski definition) is 3. The highest BCUT2D eigenvalue weighted by Gasteiger charge is 2.29. The van der Waals surface area contributed by atoms with Gasteiger partial charge >= 0.3 is 0 Å². The molecular formula is C12H13BrCl2N2O3. The number of nitro groups is 1. The summed E-state index contributed by atoms with van der Waals surface area (Å²) in [6.07, 6.45) is 0.557. The Bertz CT molecular complexity index is 513. The SMILES string of the molecule is CCC(CCl)(CCl)NC(=O)c1cc(Br)cc([N+](=O)[O-])c1. The first-order chi connectivity index (χ1) is 9.37. The van der Waals surface area contributed by atoms with Gasteiger partial charge < -0.3 is 5.32 Å². The van der Waals surface area contributed by atoms with Crippen molar-refractivity contribution in [1.82, 2.24) is 5.32 Å². The van der Waals surface area contributed by atoms with Crippen molar-refractivity contribution >= 4 is 50.7 Å². The first-order valence-electron chi connectivity index (χ1n) is 5.77. The number of halogens is 3. The van der Waals surface area contributed by atoms with Gasteiger partial charge in [-0.3, -0.25) is 14.9 Å². The molecule has 1 amide bonds. The molecule has 0 unspecified atom stereocenters. The number of carbonyl (C=O) groups excluding carboxylic acids is 1. The van der Waals surface area contributed by atoms with Crippen LogP contribution in [0.3, 0.4) is 0 Å². The highest BCUT2D eigenvalue weighted by atomic mass is 79.9. The van der Waals surface area contributed by atoms with Crippen molar-refractivity contribution in [1.29, 1.82) is 0 Å². The molecule has 0 aliphatic heterocycles. The van der Waals surface area contributed by atoms with Gasteiger partial charge in [0.15, 0.2) is 0 Å². The molecule has 0 aliphatic rings. The monoisotopic (exact) mass is 382 g/mol. The topological polar surface area (TPSA) is 72.2 Å². The van der Waals surface area contributed by atoms with Gasteiger partial charge in [-0.05, 0) is 12.5 Å². The zero-order valence-corrected chi connectivity index (χ0v) is 13.8. The summed E-state index contributed by atoms with van der Waals surface area (Å²) in [4.78, 5) is 22.4. The average molecular weight is 384 g/mol. The molecule has 0 bridgehead atoms. The van der Waals surface area contributed by atoms with Gasteiger partial charge in [0.25, 0.3) is 11.6 Å². The van der Waals surface area contributed by atoms with Crippen molar-refractivity contribution in [3.05, 3.63) is 38.3 Å². The molecule has 1 aromatic carbocycles. The molecule has 0 spiro atoms. The largest absolute Gasteiger partial charge is 0.344 e. The number of amides is 1. The number of non-ortho nitro benzene ring substituents is 1. The maximum atomic E-state index is 12.2. The van der Waals surface area contributed by atoms with Crippen LogP contribution >= 0.6 is 39.1 Å². The van der Waals surface area contributed by atoms with E-state index in [4.69, 9.17) is 23.2 Å². The van der Waals surface area contributed by atoms with Crippen molar-refractivity contribution in [3.63, 3.8) is 0 Å². The van der Waals surface area contributed by atoms with Crippen LogP contribution in [0.25, 0.3) is 0 Å². The number of nitrogens with one attached hydrogen (secondary N) is 1. The first kappa shape index (κ1) is 17.2. The fraction of sp³-hybridized carbons (Fsp3) is 0.417. The Morgan fingerprint density at radius 3 is 2.45 bits per heavy atom. The third-order valence-electron chi connectivity index (χ3n) is 2.92. The first-order valence-corrected chi connectivity index (χ1v) is 7.63. The Morgan fingerprint density at radius 1 is 1.40 bits per heavy atom. The molecule has 8 heteroatoms. The van der Waals surface area contributed by atoms with Crippen LogP contribution in [0.1, 0.15) is 23.7 Å². The highest BCUT2D eigenvalue weighted by Crippen LogP contribution is 2.22. The van der Waals surface area contributed by atoms with Crippen LogP contribution in [0.4, 0.5) is 5.69 Å². The lowest BCUT2D eigenvalue weighted by atomic mass is 10.0. The van der Waals surface area contributed by atoms with E-state index in [-0.39, 0.29) is 23.0 Å². The van der Waals surface area contributed by atoms with Gasteiger partial charge in [0.2, 0.25) is 0 Å². The van der Waals surface area contributed by atoms with E-state index in [2.05, 4.69) is 21.2 Å². The molecule has 1 aromatic rings. The molecule has 1 N–H and O–H groups in total. The summed E-state index contributed by atoms with van der Waals surface area (Å²) in [7, 11) is 0. The summed E-state index contributed by atoms with van der Waals surface area (Å²) in [5, 5.41) is 13.5. The molecule has 0 saturated heterocycles. The molecule has 0 heterocycles. The van der Waals surface area contributed by atoms with E-state index in [1.807, 2.05) is 6.92 Å². The van der Waals surface area contributed by atoms with Crippen LogP contribution in [-0.4, -0.2) is 28.1 Å². The fourth-order valence-electron chi connectivity index (χ4n) is 1.50. The normalized spacial score (nSPS) is 11.2. The van der Waals surface area contributed by atoms with Crippen molar-refractivity contribution < 1.29 is 9.72 Å². The molecule has 0 fully saturated rings. The van der Waals surface area contributed by atoms with Crippen LogP contribution < -0.4 is 5.32 Å². The summed E-state index contributed by atoms with van der Waals surface area (Å²) >= 11 is 14.8. The Kier molecular flexibility index (Phi) is 6.23. The zero-order chi connectivity index (χ0) is 15.3. The van der Waals surface area contributed by atoms with Gasteiger partial charge in [0.1, 0.15) is 0 Å². The van der Waals surface area contributed by atoms with Crippen LogP contribution in [0.5, 0.6) is 0 Å². The van der Waals surface area contributed by atoms with Crippen molar-refractivity contribution in [2.75, 3.05) is 11.8 Å². The van der Waals surface area contributed by atoms with Crippen LogP contribution in [0.2, 0.25) is 0 Å². The number of nitrogens with zero attached hydrogens (tertiary/aromatic N) is 1. The van der Waals surface area contributed by atoms with Crippen molar-refractivity contribution in [2.45, 2.75) is 18.9 Å². The second-order valence-corrected chi connectivity index (χ2v) is 5.76. The molecule has 20 heavy (non-hydrogen) atoms. The molecule has 110 valence electrons. The van der Waals surface area contributed by atoms with E-state index in [1.165, 1.54) is 18.2 Å². The molecule has 0 aromatic heterocycles. The molecule has 0 atom stereocenters. The average Bonchev–Trinajstić information content (AvgIpc) is 2.44. The minimum Gasteiger partial charge on any atom is -0.344 e. The summed E-state index contributed by atoms with van der Waals surface area (Å²) in [5.41, 5.74) is -0.709. The lowest BCUT2D eigenvalue weighted by Gasteiger charge is -2.29. The molecule has 0 saturated carbocycles. The Morgan fingerprint density at radius 2 is 2.00 bits per heavy atom. The van der Waals surface area contributed by atoms with Gasteiger partial charge in [-0.2, -0.15) is 0 Å². The van der Waals surface area contributed by atoms with Crippen LogP contribution in [0, 0.1) is 10.1 Å². The summed E-state index contributed by atoms with van der Waals surface area (Å²) in [6, 6.07) is 4.04. The Balaban J connectivity index is 3.06. The maximum Gasteiger partial charge on any atom is 0.271 e. The molecule has 0 radical (unpaired) electrons. The number of carbonyl (C=O) groups is 1. The molecular weight excluding hydrogens is 371 g/mol. The highest BCUT2D eigenvalue weighted by molar-refractivity contribution is 9.10.